The minimum Gasteiger partial charge on any atom is -0.337 e. The van der Waals surface area contributed by atoms with E-state index in [1.165, 1.54) is 0 Å². The summed E-state index contributed by atoms with van der Waals surface area (Å²) in [6.45, 7) is 4.38. The zero-order valence-corrected chi connectivity index (χ0v) is 7.44. The second-order valence-electron chi connectivity index (χ2n) is 3.12. The Morgan fingerprint density at radius 1 is 1.33 bits per heavy atom. The van der Waals surface area contributed by atoms with Crippen LogP contribution in [0.2, 0.25) is 0 Å². The summed E-state index contributed by atoms with van der Waals surface area (Å²) in [4.78, 5) is 22.2. The lowest BCUT2D eigenvalue weighted by Crippen LogP contribution is -2.58. The van der Waals surface area contributed by atoms with E-state index in [1.54, 1.807) is 0 Å². The molecular formula is C8H14N2O2. The smallest absolute Gasteiger partial charge is 0.321 e. The molecule has 0 aliphatic carbocycles. The van der Waals surface area contributed by atoms with Gasteiger partial charge in [0.2, 0.25) is 5.91 Å². The summed E-state index contributed by atoms with van der Waals surface area (Å²) in [7, 11) is 0. The SMILES string of the molecule is CCC1(CC)CNC(=O)NC1=O. The van der Waals surface area contributed by atoms with E-state index in [9.17, 15) is 9.59 Å². The van der Waals surface area contributed by atoms with E-state index >= 15 is 0 Å². The van der Waals surface area contributed by atoms with Crippen LogP contribution in [0.25, 0.3) is 0 Å². The molecule has 1 fully saturated rings. The van der Waals surface area contributed by atoms with Crippen molar-refractivity contribution in [2.24, 2.45) is 5.41 Å². The van der Waals surface area contributed by atoms with E-state index < -0.39 is 0 Å². The molecule has 68 valence electrons. The van der Waals surface area contributed by atoms with Crippen LogP contribution in [0.3, 0.4) is 0 Å². The van der Waals surface area contributed by atoms with Gasteiger partial charge in [0, 0.05) is 6.54 Å². The lowest BCUT2D eigenvalue weighted by atomic mass is 9.80. The molecule has 0 radical (unpaired) electrons. The summed E-state index contributed by atoms with van der Waals surface area (Å²) in [5.41, 5.74) is -0.381. The third-order valence-electron chi connectivity index (χ3n) is 2.65. The van der Waals surface area contributed by atoms with E-state index in [-0.39, 0.29) is 17.4 Å². The Hall–Kier alpha value is -1.06. The van der Waals surface area contributed by atoms with E-state index in [4.69, 9.17) is 0 Å². The Bertz CT molecular complexity index is 209. The minimum absolute atomic E-state index is 0.142. The van der Waals surface area contributed by atoms with Gasteiger partial charge in [0.1, 0.15) is 0 Å². The zero-order chi connectivity index (χ0) is 9.19. The highest BCUT2D eigenvalue weighted by Gasteiger charge is 2.39. The normalized spacial score (nSPS) is 21.5. The molecule has 12 heavy (non-hydrogen) atoms. The molecule has 1 saturated heterocycles. The van der Waals surface area contributed by atoms with Crippen molar-refractivity contribution in [3.63, 3.8) is 0 Å². The van der Waals surface area contributed by atoms with Crippen LogP contribution in [-0.2, 0) is 4.79 Å². The van der Waals surface area contributed by atoms with Crippen LogP contribution in [0, 0.1) is 5.41 Å². The molecular weight excluding hydrogens is 156 g/mol. The van der Waals surface area contributed by atoms with Crippen molar-refractivity contribution in [3.05, 3.63) is 0 Å². The predicted octanol–water partition coefficient (Wildman–Crippen LogP) is 0.632. The highest BCUT2D eigenvalue weighted by Crippen LogP contribution is 2.27. The monoisotopic (exact) mass is 170 g/mol. The molecule has 4 heteroatoms. The topological polar surface area (TPSA) is 58.2 Å². The first-order valence-corrected chi connectivity index (χ1v) is 4.24. The summed E-state index contributed by atoms with van der Waals surface area (Å²) in [5, 5.41) is 4.92. The van der Waals surface area contributed by atoms with Gasteiger partial charge in [-0.2, -0.15) is 0 Å². The van der Waals surface area contributed by atoms with Gasteiger partial charge in [0.15, 0.2) is 0 Å². The molecule has 0 spiro atoms. The van der Waals surface area contributed by atoms with Gasteiger partial charge in [-0.1, -0.05) is 13.8 Å². The van der Waals surface area contributed by atoms with Crippen LogP contribution in [0.15, 0.2) is 0 Å². The van der Waals surface area contributed by atoms with Crippen LogP contribution in [-0.4, -0.2) is 18.5 Å². The second-order valence-corrected chi connectivity index (χ2v) is 3.12. The van der Waals surface area contributed by atoms with E-state index in [2.05, 4.69) is 10.6 Å². The molecule has 4 nitrogen and oxygen atoms in total. The number of nitrogens with one attached hydrogen (secondary N) is 2. The fourth-order valence-electron chi connectivity index (χ4n) is 1.43. The quantitative estimate of drug-likeness (QED) is 0.638. The average molecular weight is 170 g/mol. The van der Waals surface area contributed by atoms with Gasteiger partial charge >= 0.3 is 6.03 Å². The molecule has 3 amide bonds. The molecule has 0 saturated carbocycles. The summed E-state index contributed by atoms with van der Waals surface area (Å²) >= 11 is 0. The van der Waals surface area contributed by atoms with Crippen LogP contribution in [0.1, 0.15) is 26.7 Å². The number of hydrogen-bond acceptors (Lipinski definition) is 2. The van der Waals surface area contributed by atoms with Crippen molar-refractivity contribution in [1.82, 2.24) is 10.6 Å². The summed E-state index contributed by atoms with van der Waals surface area (Å²) < 4.78 is 0. The fraction of sp³-hybridized carbons (Fsp3) is 0.750. The second kappa shape index (κ2) is 3.13. The molecule has 1 heterocycles. The Labute approximate surface area is 71.7 Å². The summed E-state index contributed by atoms with van der Waals surface area (Å²) in [6.07, 6.45) is 1.52. The molecule has 0 aromatic carbocycles. The first kappa shape index (κ1) is 9.03. The molecule has 0 aromatic rings. The van der Waals surface area contributed by atoms with Crippen molar-refractivity contribution in [2.45, 2.75) is 26.7 Å². The van der Waals surface area contributed by atoms with Gasteiger partial charge < -0.3 is 5.32 Å². The number of rotatable bonds is 2. The van der Waals surface area contributed by atoms with Gasteiger partial charge in [-0.3, -0.25) is 10.1 Å². The Balaban J connectivity index is 2.77. The number of carbonyl (C=O) groups is 2. The minimum atomic E-state index is -0.381. The number of hydrogen-bond donors (Lipinski definition) is 2. The average Bonchev–Trinajstić information content (AvgIpc) is 2.06. The van der Waals surface area contributed by atoms with Crippen molar-refractivity contribution < 1.29 is 9.59 Å². The Morgan fingerprint density at radius 3 is 2.33 bits per heavy atom. The molecule has 0 atom stereocenters. The van der Waals surface area contributed by atoms with Crippen LogP contribution in [0.5, 0.6) is 0 Å². The van der Waals surface area contributed by atoms with E-state index in [0.29, 0.717) is 6.54 Å². The molecule has 0 unspecified atom stereocenters. The van der Waals surface area contributed by atoms with Gasteiger partial charge in [-0.05, 0) is 12.8 Å². The molecule has 1 aliphatic heterocycles. The third-order valence-corrected chi connectivity index (χ3v) is 2.65. The number of urea groups is 1. The first-order chi connectivity index (χ1) is 5.64. The highest BCUT2D eigenvalue weighted by molar-refractivity contribution is 5.99. The number of carbonyl (C=O) groups excluding carboxylic acids is 2. The van der Waals surface area contributed by atoms with Crippen molar-refractivity contribution >= 4 is 11.9 Å². The van der Waals surface area contributed by atoms with E-state index in [1.807, 2.05) is 13.8 Å². The maximum atomic E-state index is 11.4. The molecule has 1 aliphatic rings. The maximum absolute atomic E-state index is 11.4. The number of imide groups is 1. The van der Waals surface area contributed by atoms with E-state index in [0.717, 1.165) is 12.8 Å². The van der Waals surface area contributed by atoms with Crippen molar-refractivity contribution in [3.8, 4) is 0 Å². The van der Waals surface area contributed by atoms with Crippen molar-refractivity contribution in [1.29, 1.82) is 0 Å². The molecule has 0 bridgehead atoms. The maximum Gasteiger partial charge on any atom is 0.321 e. The first-order valence-electron chi connectivity index (χ1n) is 4.24. The standard InChI is InChI=1S/C8H14N2O2/c1-3-8(4-2)5-9-7(12)10-6(8)11/h3-5H2,1-2H3,(H2,9,10,11,12). The van der Waals surface area contributed by atoms with Gasteiger partial charge in [-0.25, -0.2) is 4.79 Å². The van der Waals surface area contributed by atoms with Crippen LogP contribution in [0.4, 0.5) is 4.79 Å². The predicted molar refractivity (Wildman–Crippen MR) is 44.6 cm³/mol. The lowest BCUT2D eigenvalue weighted by molar-refractivity contribution is -0.131. The zero-order valence-electron chi connectivity index (χ0n) is 7.44. The van der Waals surface area contributed by atoms with Gasteiger partial charge in [-0.15, -0.1) is 0 Å². The molecule has 2 N–H and O–H groups in total. The molecule has 0 aromatic heterocycles. The third kappa shape index (κ3) is 1.29. The Kier molecular flexibility index (Phi) is 2.35. The van der Waals surface area contributed by atoms with Crippen LogP contribution >= 0.6 is 0 Å². The largest absolute Gasteiger partial charge is 0.337 e. The Morgan fingerprint density at radius 2 is 1.92 bits per heavy atom. The molecule has 1 rings (SSSR count). The fourth-order valence-corrected chi connectivity index (χ4v) is 1.43. The number of amides is 3. The summed E-state index contributed by atoms with van der Waals surface area (Å²) in [6, 6.07) is -0.377. The highest BCUT2D eigenvalue weighted by atomic mass is 16.2. The lowest BCUT2D eigenvalue weighted by Gasteiger charge is -2.33. The van der Waals surface area contributed by atoms with Crippen LogP contribution < -0.4 is 10.6 Å². The van der Waals surface area contributed by atoms with Gasteiger partial charge in [0.25, 0.3) is 0 Å². The summed E-state index contributed by atoms with van der Waals surface area (Å²) in [5.74, 6) is -0.142. The van der Waals surface area contributed by atoms with Gasteiger partial charge in [0.05, 0.1) is 5.41 Å². The van der Waals surface area contributed by atoms with Crippen molar-refractivity contribution in [2.75, 3.05) is 6.54 Å².